The van der Waals surface area contributed by atoms with E-state index in [1.54, 1.807) is 0 Å². The SMILES string of the molecule is CCC(C)(C)NC(=O)CN1CCC(C(C)N)CC1. The molecule has 0 aromatic rings. The summed E-state index contributed by atoms with van der Waals surface area (Å²) in [7, 11) is 0. The van der Waals surface area contributed by atoms with Crippen LogP contribution in [0.1, 0.15) is 47.0 Å². The number of carbonyl (C=O) groups excluding carboxylic acids is 1. The molecule has 0 aromatic heterocycles. The third kappa shape index (κ3) is 4.94. The monoisotopic (exact) mass is 255 g/mol. The Hall–Kier alpha value is -0.610. The first-order valence-corrected chi connectivity index (χ1v) is 7.13. The van der Waals surface area contributed by atoms with Crippen LogP contribution in [0.3, 0.4) is 0 Å². The van der Waals surface area contributed by atoms with E-state index in [-0.39, 0.29) is 17.5 Å². The molecule has 3 N–H and O–H groups in total. The predicted molar refractivity (Wildman–Crippen MR) is 75.3 cm³/mol. The average molecular weight is 255 g/mol. The number of piperidine rings is 1. The van der Waals surface area contributed by atoms with Crippen molar-refractivity contribution in [3.8, 4) is 0 Å². The highest BCUT2D eigenvalue weighted by molar-refractivity contribution is 5.78. The molecule has 1 amide bonds. The predicted octanol–water partition coefficient (Wildman–Crippen LogP) is 1.35. The van der Waals surface area contributed by atoms with E-state index in [1.165, 1.54) is 0 Å². The standard InChI is InChI=1S/C14H29N3O/c1-5-14(3,4)16-13(18)10-17-8-6-12(7-9-17)11(2)15/h11-12H,5-10,15H2,1-4H3,(H,16,18). The van der Waals surface area contributed by atoms with Gasteiger partial charge in [0, 0.05) is 11.6 Å². The molecule has 106 valence electrons. The Balaban J connectivity index is 2.31. The molecule has 1 saturated heterocycles. The smallest absolute Gasteiger partial charge is 0.234 e. The summed E-state index contributed by atoms with van der Waals surface area (Å²) >= 11 is 0. The lowest BCUT2D eigenvalue weighted by Crippen LogP contribution is -2.49. The number of hydrogen-bond acceptors (Lipinski definition) is 3. The number of rotatable bonds is 5. The fourth-order valence-corrected chi connectivity index (χ4v) is 2.35. The summed E-state index contributed by atoms with van der Waals surface area (Å²) in [5.74, 6) is 0.762. The maximum absolute atomic E-state index is 11.9. The molecule has 1 unspecified atom stereocenters. The molecule has 4 heteroatoms. The molecule has 0 aromatic carbocycles. The Labute approximate surface area is 111 Å². The Kier molecular flexibility index (Phi) is 5.60. The molecule has 0 aliphatic carbocycles. The van der Waals surface area contributed by atoms with E-state index in [2.05, 4.69) is 37.9 Å². The molecule has 1 heterocycles. The molecule has 0 bridgehead atoms. The first-order valence-electron chi connectivity index (χ1n) is 7.13. The molecular formula is C14H29N3O. The molecule has 1 aliphatic rings. The number of amides is 1. The third-order valence-corrected chi connectivity index (χ3v) is 4.10. The van der Waals surface area contributed by atoms with Gasteiger partial charge in [-0.25, -0.2) is 0 Å². The van der Waals surface area contributed by atoms with Crippen molar-refractivity contribution < 1.29 is 4.79 Å². The lowest BCUT2D eigenvalue weighted by molar-refractivity contribution is -0.124. The summed E-state index contributed by atoms with van der Waals surface area (Å²) in [6.07, 6.45) is 3.18. The molecule has 1 fully saturated rings. The first kappa shape index (κ1) is 15.4. The highest BCUT2D eigenvalue weighted by atomic mass is 16.2. The quantitative estimate of drug-likeness (QED) is 0.779. The van der Waals surface area contributed by atoms with Crippen LogP contribution in [-0.2, 0) is 4.79 Å². The molecule has 0 radical (unpaired) electrons. The number of nitrogens with zero attached hydrogens (tertiary/aromatic N) is 1. The second kappa shape index (κ2) is 6.53. The van der Waals surface area contributed by atoms with Crippen LogP contribution in [0, 0.1) is 5.92 Å². The van der Waals surface area contributed by atoms with E-state index in [9.17, 15) is 4.79 Å². The number of likely N-dealkylation sites (tertiary alicyclic amines) is 1. The fraction of sp³-hybridized carbons (Fsp3) is 0.929. The first-order chi connectivity index (χ1) is 8.34. The second-order valence-corrected chi connectivity index (χ2v) is 6.26. The van der Waals surface area contributed by atoms with E-state index in [4.69, 9.17) is 5.73 Å². The zero-order chi connectivity index (χ0) is 13.8. The van der Waals surface area contributed by atoms with Gasteiger partial charge in [-0.05, 0) is 59.0 Å². The number of nitrogens with one attached hydrogen (secondary N) is 1. The molecule has 1 aliphatic heterocycles. The number of hydrogen-bond donors (Lipinski definition) is 2. The summed E-state index contributed by atoms with van der Waals surface area (Å²) in [5.41, 5.74) is 5.82. The van der Waals surface area contributed by atoms with Gasteiger partial charge in [0.2, 0.25) is 5.91 Å². The third-order valence-electron chi connectivity index (χ3n) is 4.10. The van der Waals surface area contributed by atoms with Crippen molar-refractivity contribution in [2.75, 3.05) is 19.6 Å². The minimum atomic E-state index is -0.0961. The largest absolute Gasteiger partial charge is 0.350 e. The lowest BCUT2D eigenvalue weighted by Gasteiger charge is -2.34. The minimum absolute atomic E-state index is 0.0961. The van der Waals surface area contributed by atoms with Crippen molar-refractivity contribution in [1.29, 1.82) is 0 Å². The Morgan fingerprint density at radius 1 is 1.44 bits per heavy atom. The van der Waals surface area contributed by atoms with Crippen molar-refractivity contribution in [3.05, 3.63) is 0 Å². The molecule has 1 atom stereocenters. The molecule has 0 spiro atoms. The summed E-state index contributed by atoms with van der Waals surface area (Å²) in [6, 6.07) is 0.278. The molecular weight excluding hydrogens is 226 g/mol. The maximum atomic E-state index is 11.9. The van der Waals surface area contributed by atoms with Crippen LogP contribution in [-0.4, -0.2) is 42.0 Å². The maximum Gasteiger partial charge on any atom is 0.234 e. The van der Waals surface area contributed by atoms with Gasteiger partial charge in [-0.2, -0.15) is 0 Å². The van der Waals surface area contributed by atoms with E-state index in [1.807, 2.05) is 0 Å². The van der Waals surface area contributed by atoms with Gasteiger partial charge < -0.3 is 11.1 Å². The summed E-state index contributed by atoms with van der Waals surface area (Å²) < 4.78 is 0. The Morgan fingerprint density at radius 2 is 2.00 bits per heavy atom. The summed E-state index contributed by atoms with van der Waals surface area (Å²) in [6.45, 7) is 10.8. The van der Waals surface area contributed by atoms with Crippen molar-refractivity contribution in [2.24, 2.45) is 11.7 Å². The van der Waals surface area contributed by atoms with Gasteiger partial charge >= 0.3 is 0 Å². The van der Waals surface area contributed by atoms with Crippen molar-refractivity contribution in [1.82, 2.24) is 10.2 Å². The normalized spacial score (nSPS) is 20.7. The zero-order valence-electron chi connectivity index (χ0n) is 12.3. The highest BCUT2D eigenvalue weighted by Crippen LogP contribution is 2.19. The average Bonchev–Trinajstić information content (AvgIpc) is 2.29. The van der Waals surface area contributed by atoms with Gasteiger partial charge in [-0.1, -0.05) is 6.92 Å². The topological polar surface area (TPSA) is 58.4 Å². The van der Waals surface area contributed by atoms with Gasteiger partial charge in [0.15, 0.2) is 0 Å². The van der Waals surface area contributed by atoms with Crippen LogP contribution in [0.2, 0.25) is 0 Å². The zero-order valence-corrected chi connectivity index (χ0v) is 12.3. The van der Waals surface area contributed by atoms with Gasteiger partial charge in [-0.3, -0.25) is 9.69 Å². The molecule has 0 saturated carbocycles. The Morgan fingerprint density at radius 3 is 2.44 bits per heavy atom. The van der Waals surface area contributed by atoms with Crippen molar-refractivity contribution in [2.45, 2.75) is 58.5 Å². The van der Waals surface area contributed by atoms with Gasteiger partial charge in [-0.15, -0.1) is 0 Å². The van der Waals surface area contributed by atoms with E-state index in [0.717, 1.165) is 32.4 Å². The van der Waals surface area contributed by atoms with Gasteiger partial charge in [0.25, 0.3) is 0 Å². The van der Waals surface area contributed by atoms with E-state index < -0.39 is 0 Å². The Bertz CT molecular complexity index is 268. The second-order valence-electron chi connectivity index (χ2n) is 6.26. The van der Waals surface area contributed by atoms with Gasteiger partial charge in [0.1, 0.15) is 0 Å². The van der Waals surface area contributed by atoms with E-state index in [0.29, 0.717) is 12.5 Å². The van der Waals surface area contributed by atoms with Crippen LogP contribution in [0.4, 0.5) is 0 Å². The number of nitrogens with two attached hydrogens (primary N) is 1. The number of carbonyl (C=O) groups is 1. The van der Waals surface area contributed by atoms with Gasteiger partial charge in [0.05, 0.1) is 6.54 Å². The van der Waals surface area contributed by atoms with Crippen LogP contribution >= 0.6 is 0 Å². The summed E-state index contributed by atoms with van der Waals surface area (Å²) in [4.78, 5) is 14.2. The van der Waals surface area contributed by atoms with Crippen molar-refractivity contribution in [3.63, 3.8) is 0 Å². The summed E-state index contributed by atoms with van der Waals surface area (Å²) in [5, 5.41) is 3.08. The minimum Gasteiger partial charge on any atom is -0.350 e. The van der Waals surface area contributed by atoms with Crippen LogP contribution in [0.25, 0.3) is 0 Å². The lowest BCUT2D eigenvalue weighted by atomic mass is 9.91. The highest BCUT2D eigenvalue weighted by Gasteiger charge is 2.24. The van der Waals surface area contributed by atoms with Crippen LogP contribution in [0.5, 0.6) is 0 Å². The van der Waals surface area contributed by atoms with Crippen molar-refractivity contribution >= 4 is 5.91 Å². The van der Waals surface area contributed by atoms with Crippen LogP contribution in [0.15, 0.2) is 0 Å². The molecule has 4 nitrogen and oxygen atoms in total. The molecule has 18 heavy (non-hydrogen) atoms. The fourth-order valence-electron chi connectivity index (χ4n) is 2.35. The molecule has 1 rings (SSSR count). The van der Waals surface area contributed by atoms with E-state index >= 15 is 0 Å². The van der Waals surface area contributed by atoms with Crippen LogP contribution < -0.4 is 11.1 Å².